The van der Waals surface area contributed by atoms with Crippen molar-refractivity contribution in [3.63, 3.8) is 0 Å². The Morgan fingerprint density at radius 3 is 2.35 bits per heavy atom. The average molecular weight is 483 g/mol. The number of piperidine rings is 1. The molecule has 3 rings (SSSR count). The SMILES string of the molecule is CC(=O)c1cccc(S(=O)(=O)N2CCC(C(=O)NC(C)c3ccc(Cl)c(Cl)c3)CC2)c1. The molecule has 1 fully saturated rings. The number of hydrogen-bond acceptors (Lipinski definition) is 4. The van der Waals surface area contributed by atoms with Gasteiger partial charge in [0.1, 0.15) is 0 Å². The predicted octanol–water partition coefficient (Wildman–Crippen LogP) is 4.47. The van der Waals surface area contributed by atoms with E-state index in [-0.39, 0.29) is 41.6 Å². The Hall–Kier alpha value is -1.93. The Bertz CT molecular complexity index is 1100. The Labute approximate surface area is 192 Å². The van der Waals surface area contributed by atoms with Gasteiger partial charge >= 0.3 is 0 Å². The Balaban J connectivity index is 1.62. The normalized spacial score (nSPS) is 16.6. The van der Waals surface area contributed by atoms with Crippen molar-refractivity contribution >= 4 is 44.9 Å². The molecule has 9 heteroatoms. The minimum Gasteiger partial charge on any atom is -0.349 e. The van der Waals surface area contributed by atoms with Crippen LogP contribution in [0.1, 0.15) is 48.7 Å². The lowest BCUT2D eigenvalue weighted by Gasteiger charge is -2.31. The molecule has 166 valence electrons. The van der Waals surface area contributed by atoms with E-state index in [1.54, 1.807) is 24.3 Å². The summed E-state index contributed by atoms with van der Waals surface area (Å²) >= 11 is 12.0. The fourth-order valence-electron chi connectivity index (χ4n) is 3.58. The lowest BCUT2D eigenvalue weighted by molar-refractivity contribution is -0.126. The van der Waals surface area contributed by atoms with Crippen LogP contribution in [0.5, 0.6) is 0 Å². The highest BCUT2D eigenvalue weighted by Gasteiger charge is 2.32. The van der Waals surface area contributed by atoms with Gasteiger partial charge < -0.3 is 5.32 Å². The number of carbonyl (C=O) groups is 2. The summed E-state index contributed by atoms with van der Waals surface area (Å²) in [5, 5.41) is 3.85. The van der Waals surface area contributed by atoms with Gasteiger partial charge in [-0.3, -0.25) is 9.59 Å². The Kier molecular flexibility index (Phi) is 7.42. The number of benzene rings is 2. The number of ketones is 1. The maximum Gasteiger partial charge on any atom is 0.243 e. The molecule has 0 aliphatic carbocycles. The monoisotopic (exact) mass is 482 g/mol. The van der Waals surface area contributed by atoms with E-state index in [1.165, 1.54) is 23.4 Å². The van der Waals surface area contributed by atoms with E-state index in [2.05, 4.69) is 5.32 Å². The third-order valence-electron chi connectivity index (χ3n) is 5.51. The third-order valence-corrected chi connectivity index (χ3v) is 8.14. The van der Waals surface area contributed by atoms with Crippen LogP contribution in [0.15, 0.2) is 47.4 Å². The number of rotatable bonds is 6. The van der Waals surface area contributed by atoms with Crippen molar-refractivity contribution < 1.29 is 18.0 Å². The standard InChI is InChI=1S/C22H24Cl2N2O4S/c1-14(17-6-7-20(23)21(24)13-17)25-22(28)16-8-10-26(11-9-16)31(29,30)19-5-3-4-18(12-19)15(2)27/h3-7,12-14,16H,8-11H2,1-2H3,(H,25,28). The number of hydrogen-bond donors (Lipinski definition) is 1. The van der Waals surface area contributed by atoms with E-state index in [0.29, 0.717) is 28.5 Å². The van der Waals surface area contributed by atoms with Crippen LogP contribution in [0.2, 0.25) is 10.0 Å². The van der Waals surface area contributed by atoms with Crippen LogP contribution < -0.4 is 5.32 Å². The molecule has 1 aliphatic rings. The van der Waals surface area contributed by atoms with Gasteiger partial charge in [-0.15, -0.1) is 0 Å². The first-order valence-corrected chi connectivity index (χ1v) is 12.2. The highest BCUT2D eigenvalue weighted by molar-refractivity contribution is 7.89. The summed E-state index contributed by atoms with van der Waals surface area (Å²) in [4.78, 5) is 24.4. The first kappa shape index (κ1) is 23.7. The zero-order valence-corrected chi connectivity index (χ0v) is 19.6. The van der Waals surface area contributed by atoms with Crippen molar-refractivity contribution in [1.29, 1.82) is 0 Å². The van der Waals surface area contributed by atoms with Gasteiger partial charge in [-0.1, -0.05) is 41.4 Å². The molecule has 0 radical (unpaired) electrons. The number of Topliss-reactive ketones (excluding diaryl/α,β-unsaturated/α-hetero) is 1. The molecular formula is C22H24Cl2N2O4S. The highest BCUT2D eigenvalue weighted by Crippen LogP contribution is 2.27. The molecule has 6 nitrogen and oxygen atoms in total. The molecule has 1 amide bonds. The zero-order valence-electron chi connectivity index (χ0n) is 17.3. The van der Waals surface area contributed by atoms with Gasteiger partial charge in [0.25, 0.3) is 0 Å². The van der Waals surface area contributed by atoms with Crippen LogP contribution in [0.4, 0.5) is 0 Å². The minimum absolute atomic E-state index is 0.0938. The van der Waals surface area contributed by atoms with Crippen LogP contribution in [0.3, 0.4) is 0 Å². The number of nitrogens with one attached hydrogen (secondary N) is 1. The summed E-state index contributed by atoms with van der Waals surface area (Å²) in [5.74, 6) is -0.585. The molecule has 0 bridgehead atoms. The number of carbonyl (C=O) groups excluding carboxylic acids is 2. The molecule has 1 N–H and O–H groups in total. The van der Waals surface area contributed by atoms with Crippen molar-refractivity contribution in [2.45, 2.75) is 37.6 Å². The van der Waals surface area contributed by atoms with Crippen LogP contribution in [-0.2, 0) is 14.8 Å². The van der Waals surface area contributed by atoms with Crippen LogP contribution >= 0.6 is 23.2 Å². The fraction of sp³-hybridized carbons (Fsp3) is 0.364. The summed E-state index contributed by atoms with van der Waals surface area (Å²) in [6.07, 6.45) is 0.844. The molecule has 0 spiro atoms. The second-order valence-corrected chi connectivity index (χ2v) is 10.4. The van der Waals surface area contributed by atoms with Gasteiger partial charge in [-0.25, -0.2) is 8.42 Å². The van der Waals surface area contributed by atoms with E-state index in [1.807, 2.05) is 13.0 Å². The second kappa shape index (κ2) is 9.69. The van der Waals surface area contributed by atoms with Crippen molar-refractivity contribution in [2.75, 3.05) is 13.1 Å². The largest absolute Gasteiger partial charge is 0.349 e. The first-order valence-electron chi connectivity index (χ1n) is 9.96. The smallest absolute Gasteiger partial charge is 0.243 e. The molecule has 0 aromatic heterocycles. The summed E-state index contributed by atoms with van der Waals surface area (Å²) < 4.78 is 27.3. The van der Waals surface area contributed by atoms with E-state index in [9.17, 15) is 18.0 Å². The molecule has 2 aromatic rings. The molecule has 1 unspecified atom stereocenters. The second-order valence-electron chi connectivity index (χ2n) is 7.67. The summed E-state index contributed by atoms with van der Waals surface area (Å²) in [5.41, 5.74) is 1.19. The molecule has 1 saturated heterocycles. The van der Waals surface area contributed by atoms with Gasteiger partial charge in [0, 0.05) is 24.6 Å². The average Bonchev–Trinajstić information content (AvgIpc) is 2.75. The summed E-state index contributed by atoms with van der Waals surface area (Å²) in [7, 11) is -3.72. The third kappa shape index (κ3) is 5.47. The number of amides is 1. The molecular weight excluding hydrogens is 459 g/mol. The van der Waals surface area contributed by atoms with Gasteiger partial charge in [-0.2, -0.15) is 4.31 Å². The van der Waals surface area contributed by atoms with Crippen molar-refractivity contribution in [1.82, 2.24) is 9.62 Å². The molecule has 1 atom stereocenters. The zero-order chi connectivity index (χ0) is 22.8. The number of halogens is 2. The number of nitrogens with zero attached hydrogens (tertiary/aromatic N) is 1. The highest BCUT2D eigenvalue weighted by atomic mass is 35.5. The van der Waals surface area contributed by atoms with E-state index < -0.39 is 10.0 Å². The van der Waals surface area contributed by atoms with Crippen LogP contribution in [0, 0.1) is 5.92 Å². The van der Waals surface area contributed by atoms with Crippen molar-refractivity contribution in [3.8, 4) is 0 Å². The molecule has 1 aliphatic heterocycles. The molecule has 1 heterocycles. The lowest BCUT2D eigenvalue weighted by Crippen LogP contribution is -2.43. The van der Waals surface area contributed by atoms with Gasteiger partial charge in [0.05, 0.1) is 21.0 Å². The Morgan fingerprint density at radius 1 is 1.06 bits per heavy atom. The van der Waals surface area contributed by atoms with Crippen LogP contribution in [-0.4, -0.2) is 37.5 Å². The van der Waals surface area contributed by atoms with Gasteiger partial charge in [0.2, 0.25) is 15.9 Å². The van der Waals surface area contributed by atoms with Gasteiger partial charge in [-0.05, 0) is 56.5 Å². The molecule has 31 heavy (non-hydrogen) atoms. The summed E-state index contributed by atoms with van der Waals surface area (Å²) in [6.45, 7) is 3.74. The van der Waals surface area contributed by atoms with E-state index in [4.69, 9.17) is 23.2 Å². The van der Waals surface area contributed by atoms with E-state index >= 15 is 0 Å². The van der Waals surface area contributed by atoms with Crippen LogP contribution in [0.25, 0.3) is 0 Å². The van der Waals surface area contributed by atoms with E-state index in [0.717, 1.165) is 5.56 Å². The Morgan fingerprint density at radius 2 is 1.74 bits per heavy atom. The van der Waals surface area contributed by atoms with Gasteiger partial charge in [0.15, 0.2) is 5.78 Å². The van der Waals surface area contributed by atoms with Crippen molar-refractivity contribution in [2.24, 2.45) is 5.92 Å². The minimum atomic E-state index is -3.72. The maximum absolute atomic E-state index is 13.0. The topological polar surface area (TPSA) is 83.6 Å². The molecule has 2 aromatic carbocycles. The summed E-state index contributed by atoms with van der Waals surface area (Å²) in [6, 6.07) is 11.0. The predicted molar refractivity (Wildman–Crippen MR) is 121 cm³/mol. The first-order chi connectivity index (χ1) is 14.6. The maximum atomic E-state index is 13.0. The molecule has 0 saturated carbocycles. The quantitative estimate of drug-likeness (QED) is 0.615. The number of sulfonamides is 1. The lowest BCUT2D eigenvalue weighted by atomic mass is 9.96. The van der Waals surface area contributed by atoms with Crippen molar-refractivity contribution in [3.05, 3.63) is 63.6 Å². The fourth-order valence-corrected chi connectivity index (χ4v) is 5.40.